The first-order valence-corrected chi connectivity index (χ1v) is 6.36. The molecule has 0 fully saturated rings. The summed E-state index contributed by atoms with van der Waals surface area (Å²) in [6.07, 6.45) is 1.52. The van der Waals surface area contributed by atoms with Crippen molar-refractivity contribution in [2.45, 2.75) is 5.25 Å². The fourth-order valence-corrected chi connectivity index (χ4v) is 1.27. The molecule has 0 aliphatic carbocycles. The van der Waals surface area contributed by atoms with E-state index in [9.17, 15) is 22.0 Å². The number of rotatable bonds is 5. The van der Waals surface area contributed by atoms with E-state index in [1.54, 1.807) is 0 Å². The summed E-state index contributed by atoms with van der Waals surface area (Å²) in [5, 5.41) is -4.54. The van der Waals surface area contributed by atoms with Crippen LogP contribution in [0, 0.1) is 0 Å². The second-order valence-electron chi connectivity index (χ2n) is 3.51. The molecule has 0 heterocycles. The number of carbonyl (C=O) groups is 1. The van der Waals surface area contributed by atoms with Gasteiger partial charge in [0, 0.05) is 0 Å². The van der Waals surface area contributed by atoms with Crippen molar-refractivity contribution in [3.05, 3.63) is 42.0 Å². The fraction of sp³-hybridized carbons (Fsp3) is 0.182. The molecule has 19 heavy (non-hydrogen) atoms. The van der Waals surface area contributed by atoms with E-state index in [-0.39, 0.29) is 5.56 Å². The van der Waals surface area contributed by atoms with Crippen LogP contribution in [0.25, 0.3) is 6.08 Å². The zero-order valence-electron chi connectivity index (χ0n) is 9.55. The van der Waals surface area contributed by atoms with Crippen LogP contribution >= 0.6 is 0 Å². The van der Waals surface area contributed by atoms with E-state index in [0.29, 0.717) is 5.56 Å². The van der Waals surface area contributed by atoms with Gasteiger partial charge >= 0.3 is 21.3 Å². The van der Waals surface area contributed by atoms with E-state index in [2.05, 4.69) is 11.3 Å². The Morgan fingerprint density at radius 3 is 2.32 bits per heavy atom. The summed E-state index contributed by atoms with van der Waals surface area (Å²) in [6, 6.07) is 5.63. The zero-order chi connectivity index (χ0) is 14.7. The first-order chi connectivity index (χ1) is 8.67. The van der Waals surface area contributed by atoms with Crippen molar-refractivity contribution >= 4 is 22.2 Å². The number of benzene rings is 1. The Kier molecular flexibility index (Phi) is 4.38. The van der Waals surface area contributed by atoms with Gasteiger partial charge in [0.2, 0.25) is 0 Å². The summed E-state index contributed by atoms with van der Waals surface area (Å²) >= 11 is 0. The Balaban J connectivity index is 2.73. The van der Waals surface area contributed by atoms with Crippen molar-refractivity contribution < 1.29 is 31.3 Å². The number of ether oxygens (including phenoxy) is 1. The van der Waals surface area contributed by atoms with Crippen LogP contribution in [-0.2, 0) is 14.9 Å². The lowest BCUT2D eigenvalue weighted by Gasteiger charge is -2.12. The maximum absolute atomic E-state index is 12.8. The third-order valence-corrected chi connectivity index (χ3v) is 3.00. The van der Waals surface area contributed by atoms with Gasteiger partial charge in [-0.2, -0.15) is 17.2 Å². The van der Waals surface area contributed by atoms with E-state index in [1.807, 2.05) is 0 Å². The van der Waals surface area contributed by atoms with Gasteiger partial charge in [-0.25, -0.2) is 4.79 Å². The number of alkyl halides is 2. The van der Waals surface area contributed by atoms with Gasteiger partial charge in [0.05, 0.1) is 5.56 Å². The topological polar surface area (TPSA) is 80.7 Å². The van der Waals surface area contributed by atoms with Crippen molar-refractivity contribution in [3.63, 3.8) is 0 Å². The average molecular weight is 292 g/mol. The van der Waals surface area contributed by atoms with Crippen molar-refractivity contribution in [1.29, 1.82) is 0 Å². The summed E-state index contributed by atoms with van der Waals surface area (Å²) in [4.78, 5) is 11.4. The largest absolute Gasteiger partial charge is 0.454 e. The molecule has 1 N–H and O–H groups in total. The molecule has 0 amide bonds. The maximum atomic E-state index is 12.8. The zero-order valence-corrected chi connectivity index (χ0v) is 10.4. The van der Waals surface area contributed by atoms with E-state index < -0.39 is 27.9 Å². The van der Waals surface area contributed by atoms with E-state index in [4.69, 9.17) is 4.55 Å². The third kappa shape index (κ3) is 3.83. The molecular formula is C11H10F2O5S. The summed E-state index contributed by atoms with van der Waals surface area (Å²) in [6.45, 7) is 1.74. The van der Waals surface area contributed by atoms with Crippen LogP contribution in [0.3, 0.4) is 0 Å². The summed E-state index contributed by atoms with van der Waals surface area (Å²) in [5.41, 5.74) is 0.677. The molecule has 0 spiro atoms. The summed E-state index contributed by atoms with van der Waals surface area (Å²) in [7, 11) is -5.61. The Bertz CT molecular complexity index is 578. The van der Waals surface area contributed by atoms with Crippen molar-refractivity contribution in [1.82, 2.24) is 0 Å². The Hall–Kier alpha value is -1.80. The summed E-state index contributed by atoms with van der Waals surface area (Å²) < 4.78 is 58.5. The highest BCUT2D eigenvalue weighted by Crippen LogP contribution is 2.21. The Morgan fingerprint density at radius 1 is 1.37 bits per heavy atom. The quantitative estimate of drug-likeness (QED) is 0.663. The fourth-order valence-electron chi connectivity index (χ4n) is 1.06. The van der Waals surface area contributed by atoms with Gasteiger partial charge in [0.25, 0.3) is 0 Å². The number of hydrogen-bond acceptors (Lipinski definition) is 4. The molecule has 0 aliphatic rings. The van der Waals surface area contributed by atoms with Crippen LogP contribution in [0.4, 0.5) is 8.78 Å². The molecule has 1 rings (SSSR count). The second-order valence-corrected chi connectivity index (χ2v) is 5.06. The molecule has 1 aromatic rings. The van der Waals surface area contributed by atoms with Gasteiger partial charge in [-0.15, -0.1) is 0 Å². The van der Waals surface area contributed by atoms with Crippen molar-refractivity contribution in [2.75, 3.05) is 6.61 Å². The molecule has 8 heteroatoms. The minimum atomic E-state index is -5.61. The molecule has 0 unspecified atom stereocenters. The van der Waals surface area contributed by atoms with Crippen LogP contribution in [0.1, 0.15) is 15.9 Å². The van der Waals surface area contributed by atoms with Gasteiger partial charge in [-0.3, -0.25) is 4.55 Å². The molecular weight excluding hydrogens is 282 g/mol. The lowest BCUT2D eigenvalue weighted by Crippen LogP contribution is -2.34. The molecule has 5 nitrogen and oxygen atoms in total. The molecule has 0 bridgehead atoms. The SMILES string of the molecule is C=Cc1ccc(C(=O)OCC(F)(F)S(=O)(=O)O)cc1. The predicted molar refractivity (Wildman–Crippen MR) is 63.3 cm³/mol. The van der Waals surface area contributed by atoms with Crippen LogP contribution in [-0.4, -0.2) is 30.8 Å². The van der Waals surface area contributed by atoms with E-state index >= 15 is 0 Å². The standard InChI is InChI=1S/C11H10F2O5S/c1-2-8-3-5-9(6-4-8)10(14)18-7-11(12,13)19(15,16)17/h2-6H,1,7H2,(H,15,16,17). The first-order valence-electron chi connectivity index (χ1n) is 4.92. The minimum absolute atomic E-state index is 0.0308. The van der Waals surface area contributed by atoms with Crippen LogP contribution in [0.5, 0.6) is 0 Å². The highest BCUT2D eigenvalue weighted by atomic mass is 32.2. The van der Waals surface area contributed by atoms with Crippen molar-refractivity contribution in [2.24, 2.45) is 0 Å². The second kappa shape index (κ2) is 5.45. The lowest BCUT2D eigenvalue weighted by molar-refractivity contribution is -0.00950. The third-order valence-electron chi connectivity index (χ3n) is 2.13. The molecule has 0 aromatic heterocycles. The van der Waals surface area contributed by atoms with Crippen LogP contribution in [0.2, 0.25) is 0 Å². The van der Waals surface area contributed by atoms with Crippen LogP contribution < -0.4 is 0 Å². The van der Waals surface area contributed by atoms with E-state index in [1.165, 1.54) is 30.3 Å². The average Bonchev–Trinajstić information content (AvgIpc) is 2.35. The number of hydrogen-bond donors (Lipinski definition) is 1. The smallest absolute Gasteiger partial charge is 0.402 e. The Labute approximate surface area is 108 Å². The van der Waals surface area contributed by atoms with Gasteiger partial charge in [-0.05, 0) is 17.7 Å². The van der Waals surface area contributed by atoms with Gasteiger partial charge in [0.15, 0.2) is 6.61 Å². The monoisotopic (exact) mass is 292 g/mol. The Morgan fingerprint density at radius 2 is 1.89 bits per heavy atom. The number of halogens is 2. The van der Waals surface area contributed by atoms with E-state index in [0.717, 1.165) is 0 Å². The normalized spacial score (nSPS) is 11.9. The number of esters is 1. The summed E-state index contributed by atoms with van der Waals surface area (Å²) in [5.74, 6) is -1.13. The highest BCUT2D eigenvalue weighted by Gasteiger charge is 2.45. The highest BCUT2D eigenvalue weighted by molar-refractivity contribution is 7.86. The van der Waals surface area contributed by atoms with Crippen LogP contribution in [0.15, 0.2) is 30.8 Å². The molecule has 0 aliphatic heterocycles. The first kappa shape index (κ1) is 15.3. The lowest BCUT2D eigenvalue weighted by atomic mass is 10.1. The maximum Gasteiger partial charge on any atom is 0.402 e. The molecule has 0 atom stereocenters. The van der Waals surface area contributed by atoms with Gasteiger partial charge in [-0.1, -0.05) is 24.8 Å². The van der Waals surface area contributed by atoms with Gasteiger partial charge in [0.1, 0.15) is 0 Å². The van der Waals surface area contributed by atoms with Crippen molar-refractivity contribution in [3.8, 4) is 0 Å². The minimum Gasteiger partial charge on any atom is -0.454 e. The molecule has 0 radical (unpaired) electrons. The predicted octanol–water partition coefficient (Wildman–Crippen LogP) is 1.97. The molecule has 0 saturated heterocycles. The number of carbonyl (C=O) groups excluding carboxylic acids is 1. The molecule has 104 valence electrons. The van der Waals surface area contributed by atoms with Gasteiger partial charge < -0.3 is 4.74 Å². The molecule has 1 aromatic carbocycles. The molecule has 0 saturated carbocycles.